The number of likely N-dealkylation sites (tertiary alicyclic amines) is 1. The average Bonchev–Trinajstić information content (AvgIpc) is 3.19. The normalized spacial score (nSPS) is 21.2. The number of anilines is 1. The van der Waals surface area contributed by atoms with Crippen molar-refractivity contribution in [2.24, 2.45) is 5.92 Å². The van der Waals surface area contributed by atoms with Crippen molar-refractivity contribution in [1.82, 2.24) is 24.4 Å². The van der Waals surface area contributed by atoms with Crippen molar-refractivity contribution >= 4 is 28.7 Å². The summed E-state index contributed by atoms with van der Waals surface area (Å²) >= 11 is 1.79. The summed E-state index contributed by atoms with van der Waals surface area (Å²) in [6.45, 7) is 2.14. The van der Waals surface area contributed by atoms with Crippen LogP contribution in [0.1, 0.15) is 0 Å². The molecule has 25 heavy (non-hydrogen) atoms. The fourth-order valence-corrected chi connectivity index (χ4v) is 4.24. The second kappa shape index (κ2) is 6.99. The number of rotatable bonds is 5. The number of nitrogen functional groups attached to an aromatic ring is 1. The molecular formula is C17H20N6OS. The molecule has 2 atom stereocenters. The van der Waals surface area contributed by atoms with Crippen LogP contribution < -0.4 is 5.73 Å². The number of nitrogens with zero attached hydrogens (tertiary/aromatic N) is 5. The molecule has 1 aliphatic heterocycles. The summed E-state index contributed by atoms with van der Waals surface area (Å²) in [5, 5.41) is 10.4. The minimum Gasteiger partial charge on any atom is -0.391 e. The van der Waals surface area contributed by atoms with Gasteiger partial charge in [-0.2, -0.15) is 0 Å². The van der Waals surface area contributed by atoms with Crippen LogP contribution in [0, 0.1) is 5.92 Å². The molecule has 2 aromatic heterocycles. The molecule has 0 bridgehead atoms. The Morgan fingerprint density at radius 3 is 2.84 bits per heavy atom. The van der Waals surface area contributed by atoms with E-state index in [-0.39, 0.29) is 12.0 Å². The van der Waals surface area contributed by atoms with E-state index in [1.54, 1.807) is 18.1 Å². The molecule has 0 saturated carbocycles. The third kappa shape index (κ3) is 3.46. The summed E-state index contributed by atoms with van der Waals surface area (Å²) in [5.74, 6) is 1.55. The molecule has 4 rings (SSSR count). The first-order valence-electron chi connectivity index (χ1n) is 8.20. The number of fused-ring (bicyclic) bond motifs is 1. The lowest BCUT2D eigenvalue weighted by molar-refractivity contribution is 0.145. The van der Waals surface area contributed by atoms with Crippen molar-refractivity contribution < 1.29 is 5.11 Å². The Morgan fingerprint density at radius 2 is 2.00 bits per heavy atom. The molecule has 0 unspecified atom stereocenters. The standard InChI is InChI=1S/C17H20N6OS/c18-16-15-17(20-9-19-16)23(10-21-15)11-22-6-12(14(24)7-22)8-25-13-4-2-1-3-5-13/h1-5,9-10,12,14,24H,6-8,11H2,(H2,18,19,20)/t12-,14+/m1/s1. The molecule has 1 saturated heterocycles. The smallest absolute Gasteiger partial charge is 0.166 e. The number of β-amino-alcohol motifs (C(OH)–C–C–N with tert-alkyl or cyclic N) is 1. The Morgan fingerprint density at radius 1 is 1.16 bits per heavy atom. The zero-order valence-corrected chi connectivity index (χ0v) is 14.5. The molecule has 8 heteroatoms. The number of aliphatic hydroxyl groups excluding tert-OH is 1. The third-order valence-corrected chi connectivity index (χ3v) is 5.67. The number of benzene rings is 1. The lowest BCUT2D eigenvalue weighted by Gasteiger charge is -2.16. The molecule has 0 amide bonds. The van der Waals surface area contributed by atoms with Crippen LogP contribution in [0.3, 0.4) is 0 Å². The van der Waals surface area contributed by atoms with Crippen LogP contribution in [0.2, 0.25) is 0 Å². The predicted octanol–water partition coefficient (Wildman–Crippen LogP) is 1.45. The number of thioether (sulfide) groups is 1. The quantitative estimate of drug-likeness (QED) is 0.668. The van der Waals surface area contributed by atoms with E-state index in [0.717, 1.165) is 17.9 Å². The summed E-state index contributed by atoms with van der Waals surface area (Å²) in [6.07, 6.45) is 2.87. The van der Waals surface area contributed by atoms with E-state index in [2.05, 4.69) is 32.0 Å². The monoisotopic (exact) mass is 356 g/mol. The molecule has 1 fully saturated rings. The minimum atomic E-state index is -0.314. The second-order valence-corrected chi connectivity index (χ2v) is 7.37. The summed E-state index contributed by atoms with van der Waals surface area (Å²) in [7, 11) is 0. The van der Waals surface area contributed by atoms with E-state index < -0.39 is 0 Å². The highest BCUT2D eigenvalue weighted by Gasteiger charge is 2.31. The van der Waals surface area contributed by atoms with Gasteiger partial charge in [0.05, 0.1) is 19.1 Å². The Hall–Kier alpha value is -2.16. The minimum absolute atomic E-state index is 0.250. The largest absolute Gasteiger partial charge is 0.391 e. The molecule has 0 spiro atoms. The maximum Gasteiger partial charge on any atom is 0.166 e. The van der Waals surface area contributed by atoms with Crippen LogP contribution >= 0.6 is 11.8 Å². The predicted molar refractivity (Wildman–Crippen MR) is 98.0 cm³/mol. The van der Waals surface area contributed by atoms with E-state index >= 15 is 0 Å². The third-order valence-electron chi connectivity index (χ3n) is 4.47. The van der Waals surface area contributed by atoms with Crippen LogP contribution in [0.5, 0.6) is 0 Å². The molecule has 3 N–H and O–H groups in total. The van der Waals surface area contributed by atoms with Crippen LogP contribution in [-0.4, -0.2) is 54.5 Å². The lowest BCUT2D eigenvalue weighted by Crippen LogP contribution is -2.24. The van der Waals surface area contributed by atoms with E-state index in [0.29, 0.717) is 24.5 Å². The van der Waals surface area contributed by atoms with Gasteiger partial charge in [-0.05, 0) is 12.1 Å². The van der Waals surface area contributed by atoms with Crippen LogP contribution in [0.4, 0.5) is 5.82 Å². The van der Waals surface area contributed by atoms with E-state index in [9.17, 15) is 5.11 Å². The first-order chi connectivity index (χ1) is 12.2. The van der Waals surface area contributed by atoms with Gasteiger partial charge in [-0.3, -0.25) is 4.90 Å². The zero-order chi connectivity index (χ0) is 17.2. The fraction of sp³-hybridized carbons (Fsp3) is 0.353. The van der Waals surface area contributed by atoms with Gasteiger partial charge in [-0.1, -0.05) is 18.2 Å². The molecule has 7 nitrogen and oxygen atoms in total. The maximum atomic E-state index is 10.4. The van der Waals surface area contributed by atoms with E-state index in [1.165, 1.54) is 11.2 Å². The van der Waals surface area contributed by atoms with Gasteiger partial charge in [0.1, 0.15) is 11.8 Å². The van der Waals surface area contributed by atoms with Crippen molar-refractivity contribution in [2.45, 2.75) is 17.7 Å². The van der Waals surface area contributed by atoms with Crippen molar-refractivity contribution in [2.75, 3.05) is 24.6 Å². The molecule has 0 aliphatic carbocycles. The molecule has 1 aromatic carbocycles. The number of nitrogens with two attached hydrogens (primary N) is 1. The zero-order valence-electron chi connectivity index (χ0n) is 13.7. The van der Waals surface area contributed by atoms with E-state index in [1.807, 2.05) is 22.8 Å². The molecule has 3 aromatic rings. The Balaban J connectivity index is 1.40. The summed E-state index contributed by atoms with van der Waals surface area (Å²) in [5.41, 5.74) is 7.18. The number of hydrogen-bond donors (Lipinski definition) is 2. The first kappa shape index (κ1) is 16.3. The van der Waals surface area contributed by atoms with Crippen LogP contribution in [0.25, 0.3) is 11.2 Å². The number of aliphatic hydroxyl groups is 1. The van der Waals surface area contributed by atoms with Gasteiger partial charge >= 0.3 is 0 Å². The Labute approximate surface area is 149 Å². The number of hydrogen-bond acceptors (Lipinski definition) is 7. The van der Waals surface area contributed by atoms with Crippen LogP contribution in [0.15, 0.2) is 47.9 Å². The maximum absolute atomic E-state index is 10.4. The molecular weight excluding hydrogens is 336 g/mol. The summed E-state index contributed by atoms with van der Waals surface area (Å²) in [4.78, 5) is 16.0. The topological polar surface area (TPSA) is 93.1 Å². The summed E-state index contributed by atoms with van der Waals surface area (Å²) in [6, 6.07) is 10.3. The van der Waals surface area contributed by atoms with Crippen molar-refractivity contribution in [3.05, 3.63) is 43.0 Å². The molecule has 3 heterocycles. The lowest BCUT2D eigenvalue weighted by atomic mass is 10.1. The van der Waals surface area contributed by atoms with Gasteiger partial charge in [-0.15, -0.1) is 11.8 Å². The van der Waals surface area contributed by atoms with Gasteiger partial charge in [0.15, 0.2) is 11.5 Å². The van der Waals surface area contributed by atoms with Crippen molar-refractivity contribution in [3.63, 3.8) is 0 Å². The van der Waals surface area contributed by atoms with Crippen LogP contribution in [-0.2, 0) is 6.67 Å². The fourth-order valence-electron chi connectivity index (χ4n) is 3.16. The highest BCUT2D eigenvalue weighted by Crippen LogP contribution is 2.27. The second-order valence-electron chi connectivity index (χ2n) is 6.27. The molecule has 130 valence electrons. The highest BCUT2D eigenvalue weighted by molar-refractivity contribution is 7.99. The molecule has 1 aliphatic rings. The first-order valence-corrected chi connectivity index (χ1v) is 9.19. The molecule has 0 radical (unpaired) electrons. The van der Waals surface area contributed by atoms with Crippen molar-refractivity contribution in [1.29, 1.82) is 0 Å². The summed E-state index contributed by atoms with van der Waals surface area (Å²) < 4.78 is 1.95. The Kier molecular flexibility index (Phi) is 4.56. The van der Waals surface area contributed by atoms with Gasteiger partial charge < -0.3 is 15.4 Å². The van der Waals surface area contributed by atoms with Gasteiger partial charge in [0.25, 0.3) is 0 Å². The number of aromatic nitrogens is 4. The van der Waals surface area contributed by atoms with E-state index in [4.69, 9.17) is 5.73 Å². The van der Waals surface area contributed by atoms with Gasteiger partial charge in [-0.25, -0.2) is 15.0 Å². The van der Waals surface area contributed by atoms with Gasteiger partial charge in [0, 0.05) is 29.7 Å². The van der Waals surface area contributed by atoms with Crippen molar-refractivity contribution in [3.8, 4) is 0 Å². The SMILES string of the molecule is Nc1ncnc2c1ncn2CN1C[C@H](CSc2ccccc2)[C@@H](O)C1. The Bertz CT molecular complexity index is 855. The van der Waals surface area contributed by atoms with Gasteiger partial charge in [0.2, 0.25) is 0 Å². The number of imidazole rings is 1. The average molecular weight is 356 g/mol. The highest BCUT2D eigenvalue weighted by atomic mass is 32.2.